The highest BCUT2D eigenvalue weighted by atomic mass is 16.2. The van der Waals surface area contributed by atoms with Crippen molar-refractivity contribution in [2.75, 3.05) is 5.32 Å². The molecule has 9 nitrogen and oxygen atoms in total. The van der Waals surface area contributed by atoms with E-state index in [1.165, 1.54) is 10.7 Å². The van der Waals surface area contributed by atoms with Crippen molar-refractivity contribution < 1.29 is 9.59 Å². The number of hydrogen-bond acceptors (Lipinski definition) is 5. The van der Waals surface area contributed by atoms with E-state index in [9.17, 15) is 14.4 Å². The molecule has 0 saturated heterocycles. The molecule has 162 valence electrons. The second-order valence-electron chi connectivity index (χ2n) is 9.03. The Morgan fingerprint density at radius 1 is 1.27 bits per heavy atom. The fourth-order valence-corrected chi connectivity index (χ4v) is 4.41. The van der Waals surface area contributed by atoms with Crippen LogP contribution in [-0.4, -0.2) is 37.6 Å². The molecule has 30 heavy (non-hydrogen) atoms. The summed E-state index contributed by atoms with van der Waals surface area (Å²) in [7, 11) is 0. The molecular formula is C21H30N6O3. The summed E-state index contributed by atoms with van der Waals surface area (Å²) in [6.45, 7) is 10.2. The van der Waals surface area contributed by atoms with Gasteiger partial charge in [0.15, 0.2) is 0 Å². The molecule has 0 bridgehead atoms. The molecule has 1 aliphatic rings. The number of carbonyl (C=O) groups is 2. The number of rotatable bonds is 4. The maximum Gasteiger partial charge on any atom is 0.314 e. The fourth-order valence-electron chi connectivity index (χ4n) is 4.41. The zero-order chi connectivity index (χ0) is 22.1. The van der Waals surface area contributed by atoms with Crippen LogP contribution >= 0.6 is 0 Å². The van der Waals surface area contributed by atoms with Gasteiger partial charge in [0.25, 0.3) is 5.56 Å². The van der Waals surface area contributed by atoms with Crippen LogP contribution < -0.4 is 16.2 Å². The number of carbonyl (C=O) groups excluding carboxylic acids is 2. The number of aromatic nitrogens is 4. The van der Waals surface area contributed by atoms with Crippen LogP contribution in [0.25, 0.3) is 5.95 Å². The third-order valence-corrected chi connectivity index (χ3v) is 5.35. The Bertz CT molecular complexity index is 1010. The van der Waals surface area contributed by atoms with Gasteiger partial charge in [0.05, 0.1) is 5.69 Å². The average Bonchev–Trinajstić information content (AvgIpc) is 2.99. The largest absolute Gasteiger partial charge is 0.345 e. The smallest absolute Gasteiger partial charge is 0.314 e. The Hall–Kier alpha value is -2.97. The highest BCUT2D eigenvalue weighted by Crippen LogP contribution is 2.38. The number of nitrogens with one attached hydrogen (secondary N) is 3. The summed E-state index contributed by atoms with van der Waals surface area (Å²) in [6, 6.07) is 3.00. The fraction of sp³-hybridized carbons (Fsp3) is 0.571. The maximum absolute atomic E-state index is 12.6. The summed E-state index contributed by atoms with van der Waals surface area (Å²) in [6.07, 6.45) is 3.38. The number of nitrogens with zero attached hydrogens (tertiary/aromatic N) is 3. The van der Waals surface area contributed by atoms with E-state index in [1.807, 2.05) is 6.92 Å². The van der Waals surface area contributed by atoms with Crippen LogP contribution in [0.5, 0.6) is 0 Å². The van der Waals surface area contributed by atoms with Gasteiger partial charge in [-0.05, 0) is 43.9 Å². The Morgan fingerprint density at radius 3 is 2.67 bits per heavy atom. The molecule has 0 aromatic carbocycles. The quantitative estimate of drug-likeness (QED) is 0.662. The van der Waals surface area contributed by atoms with Crippen molar-refractivity contribution in [2.24, 2.45) is 11.3 Å². The van der Waals surface area contributed by atoms with E-state index in [4.69, 9.17) is 0 Å². The van der Waals surface area contributed by atoms with Crippen molar-refractivity contribution in [2.45, 2.75) is 66.3 Å². The van der Waals surface area contributed by atoms with Gasteiger partial charge in [-0.25, -0.2) is 4.98 Å². The zero-order valence-corrected chi connectivity index (χ0v) is 18.2. The van der Waals surface area contributed by atoms with Crippen molar-refractivity contribution >= 4 is 17.6 Å². The van der Waals surface area contributed by atoms with E-state index >= 15 is 0 Å². The van der Waals surface area contributed by atoms with Gasteiger partial charge >= 0.3 is 11.8 Å². The lowest BCUT2D eigenvalue weighted by Crippen LogP contribution is -2.46. The first kappa shape index (κ1) is 21.7. The minimum absolute atomic E-state index is 0.0343. The van der Waals surface area contributed by atoms with Crippen LogP contribution in [0.3, 0.4) is 0 Å². The Kier molecular flexibility index (Phi) is 6.09. The van der Waals surface area contributed by atoms with Gasteiger partial charge in [-0.3, -0.25) is 19.4 Å². The molecule has 1 fully saturated rings. The van der Waals surface area contributed by atoms with Crippen LogP contribution in [-0.2, 0) is 16.0 Å². The maximum atomic E-state index is 12.6. The molecule has 2 unspecified atom stereocenters. The van der Waals surface area contributed by atoms with Gasteiger partial charge in [0, 0.05) is 23.9 Å². The Balaban J connectivity index is 1.75. The number of anilines is 1. The first-order valence-corrected chi connectivity index (χ1v) is 10.4. The molecular weight excluding hydrogens is 384 g/mol. The monoisotopic (exact) mass is 414 g/mol. The summed E-state index contributed by atoms with van der Waals surface area (Å²) >= 11 is 0. The summed E-state index contributed by atoms with van der Waals surface area (Å²) < 4.78 is 1.33. The first-order valence-electron chi connectivity index (χ1n) is 10.4. The predicted molar refractivity (Wildman–Crippen MR) is 113 cm³/mol. The van der Waals surface area contributed by atoms with Gasteiger partial charge < -0.3 is 10.6 Å². The summed E-state index contributed by atoms with van der Waals surface area (Å²) in [5.41, 5.74) is 1.03. The van der Waals surface area contributed by atoms with Crippen molar-refractivity contribution in [3.8, 4) is 5.95 Å². The average molecular weight is 415 g/mol. The topological polar surface area (TPSA) is 122 Å². The van der Waals surface area contributed by atoms with E-state index in [-0.39, 0.29) is 28.8 Å². The van der Waals surface area contributed by atoms with Crippen LogP contribution in [0.4, 0.5) is 5.82 Å². The number of amides is 2. The molecule has 0 aliphatic heterocycles. The van der Waals surface area contributed by atoms with Gasteiger partial charge in [-0.2, -0.15) is 9.78 Å². The van der Waals surface area contributed by atoms with Crippen molar-refractivity contribution in [3.05, 3.63) is 33.9 Å². The Labute approximate surface area is 175 Å². The normalized spacial score (nSPS) is 20.6. The van der Waals surface area contributed by atoms with Crippen LogP contribution in [0.1, 0.15) is 58.3 Å². The number of hydrogen-bond donors (Lipinski definition) is 3. The van der Waals surface area contributed by atoms with E-state index in [2.05, 4.69) is 46.5 Å². The van der Waals surface area contributed by atoms with Gasteiger partial charge in [0.2, 0.25) is 5.95 Å². The van der Waals surface area contributed by atoms with Crippen LogP contribution in [0.15, 0.2) is 16.9 Å². The molecule has 2 aromatic heterocycles. The molecule has 3 N–H and O–H groups in total. The highest BCUT2D eigenvalue weighted by Gasteiger charge is 2.33. The second-order valence-corrected chi connectivity index (χ2v) is 9.03. The minimum Gasteiger partial charge on any atom is -0.345 e. The molecule has 0 radical (unpaired) electrons. The van der Waals surface area contributed by atoms with Crippen LogP contribution in [0, 0.1) is 18.3 Å². The SMILES string of the molecule is CCc1cc(=O)[nH]c(-n2nc(C)cc2NC(=O)C(=O)NC2CC(C)CC(C)(C)C2)n1. The number of aryl methyl sites for hydroxylation is 2. The molecule has 1 aliphatic carbocycles. The summed E-state index contributed by atoms with van der Waals surface area (Å²) in [5.74, 6) is -0.521. The molecule has 2 aromatic rings. The molecule has 9 heteroatoms. The third kappa shape index (κ3) is 5.14. The van der Waals surface area contributed by atoms with Gasteiger partial charge in [-0.15, -0.1) is 0 Å². The lowest BCUT2D eigenvalue weighted by atomic mass is 9.70. The standard InChI is InChI=1S/C21H30N6O3/c1-6-14-9-17(28)25-20(23-14)27-16(8-13(3)26-27)24-19(30)18(29)22-15-7-12(2)10-21(4,5)11-15/h8-9,12,15H,6-7,10-11H2,1-5H3,(H,22,29)(H,24,30)(H,23,25,28). The highest BCUT2D eigenvalue weighted by molar-refractivity contribution is 6.39. The van der Waals surface area contributed by atoms with Crippen molar-refractivity contribution in [1.82, 2.24) is 25.1 Å². The van der Waals surface area contributed by atoms with Crippen molar-refractivity contribution in [1.29, 1.82) is 0 Å². The summed E-state index contributed by atoms with van der Waals surface area (Å²) in [4.78, 5) is 44.0. The van der Waals surface area contributed by atoms with E-state index in [0.29, 0.717) is 23.7 Å². The molecule has 3 rings (SSSR count). The van der Waals surface area contributed by atoms with E-state index in [1.54, 1.807) is 13.0 Å². The zero-order valence-electron chi connectivity index (χ0n) is 18.2. The number of aromatic amines is 1. The van der Waals surface area contributed by atoms with E-state index < -0.39 is 11.8 Å². The lowest BCUT2D eigenvalue weighted by molar-refractivity contribution is -0.137. The molecule has 2 amide bonds. The third-order valence-electron chi connectivity index (χ3n) is 5.35. The minimum atomic E-state index is -0.777. The predicted octanol–water partition coefficient (Wildman–Crippen LogP) is 2.10. The van der Waals surface area contributed by atoms with E-state index in [0.717, 1.165) is 19.3 Å². The first-order chi connectivity index (χ1) is 14.1. The molecule has 2 heterocycles. The van der Waals surface area contributed by atoms with Gasteiger partial charge in [-0.1, -0.05) is 27.7 Å². The molecule has 1 saturated carbocycles. The number of H-pyrrole nitrogens is 1. The Morgan fingerprint density at radius 2 is 2.00 bits per heavy atom. The molecule has 2 atom stereocenters. The van der Waals surface area contributed by atoms with Crippen LogP contribution in [0.2, 0.25) is 0 Å². The summed E-state index contributed by atoms with van der Waals surface area (Å²) in [5, 5.41) is 9.75. The lowest BCUT2D eigenvalue weighted by Gasteiger charge is -2.39. The second kappa shape index (κ2) is 8.41. The van der Waals surface area contributed by atoms with Crippen molar-refractivity contribution in [3.63, 3.8) is 0 Å². The molecule has 0 spiro atoms. The van der Waals surface area contributed by atoms with Gasteiger partial charge in [0.1, 0.15) is 5.82 Å².